The minimum Gasteiger partial charge on any atom is -0.356 e. The number of hydrogen-bond donors (Lipinski definition) is 2. The van der Waals surface area contributed by atoms with Gasteiger partial charge in [0, 0.05) is 47.6 Å². The maximum Gasteiger partial charge on any atom is 0.196 e. The lowest BCUT2D eigenvalue weighted by Gasteiger charge is -2.29. The zero-order chi connectivity index (χ0) is 24.2. The normalized spacial score (nSPS) is 16.6. The fraction of sp³-hybridized carbons (Fsp3) is 0.481. The van der Waals surface area contributed by atoms with Gasteiger partial charge in [0.1, 0.15) is 17.4 Å². The number of aryl methyl sites for hydroxylation is 1. The molecule has 3 heterocycles. The van der Waals surface area contributed by atoms with Gasteiger partial charge in [0.25, 0.3) is 0 Å². The first-order chi connectivity index (χ1) is 17.0. The monoisotopic (exact) mass is 490 g/mol. The number of nitrogens with zero attached hydrogens (tertiary/aromatic N) is 4. The molecule has 7 nitrogen and oxygen atoms in total. The Morgan fingerprint density at radius 2 is 1.80 bits per heavy atom. The van der Waals surface area contributed by atoms with E-state index in [1.807, 2.05) is 13.0 Å². The second-order valence-electron chi connectivity index (χ2n) is 9.78. The molecule has 0 spiro atoms. The van der Waals surface area contributed by atoms with E-state index in [1.54, 1.807) is 11.8 Å². The molecular weight excluding hydrogens is 456 g/mol. The van der Waals surface area contributed by atoms with E-state index < -0.39 is 0 Å². The van der Waals surface area contributed by atoms with Crippen LogP contribution in [-0.2, 0) is 11.2 Å². The molecule has 2 N–H and O–H groups in total. The Bertz CT molecular complexity index is 1160. The van der Waals surface area contributed by atoms with Crippen molar-refractivity contribution in [1.82, 2.24) is 20.2 Å². The molecular formula is C27H34N6OS. The third-order valence-electron chi connectivity index (χ3n) is 7.03. The Morgan fingerprint density at radius 3 is 2.49 bits per heavy atom. The summed E-state index contributed by atoms with van der Waals surface area (Å²) in [7, 11) is 0. The van der Waals surface area contributed by atoms with E-state index in [1.165, 1.54) is 32.1 Å². The van der Waals surface area contributed by atoms with Crippen LogP contribution in [0.15, 0.2) is 40.4 Å². The number of carbonyl (C=O) groups is 1. The minimum atomic E-state index is 0.266. The molecule has 1 saturated carbocycles. The van der Waals surface area contributed by atoms with Crippen molar-refractivity contribution in [2.45, 2.75) is 75.3 Å². The van der Waals surface area contributed by atoms with Crippen molar-refractivity contribution in [2.75, 3.05) is 23.3 Å². The van der Waals surface area contributed by atoms with Crippen molar-refractivity contribution in [2.24, 2.45) is 5.92 Å². The van der Waals surface area contributed by atoms with Crippen LogP contribution in [-0.4, -0.2) is 39.0 Å². The van der Waals surface area contributed by atoms with Gasteiger partial charge in [-0.15, -0.1) is 0 Å². The van der Waals surface area contributed by atoms with Crippen LogP contribution in [0.3, 0.4) is 0 Å². The van der Waals surface area contributed by atoms with Gasteiger partial charge in [-0.1, -0.05) is 25.0 Å². The minimum absolute atomic E-state index is 0.266. The van der Waals surface area contributed by atoms with Gasteiger partial charge in [0.05, 0.1) is 0 Å². The van der Waals surface area contributed by atoms with Gasteiger partial charge >= 0.3 is 0 Å². The lowest BCUT2D eigenvalue weighted by molar-refractivity contribution is -0.122. The van der Waals surface area contributed by atoms with E-state index in [0.29, 0.717) is 17.4 Å². The third-order valence-corrected chi connectivity index (χ3v) is 7.90. The predicted octanol–water partition coefficient (Wildman–Crippen LogP) is 6.00. The summed E-state index contributed by atoms with van der Waals surface area (Å²) in [4.78, 5) is 25.8. The molecule has 1 aliphatic carbocycles. The molecule has 8 heteroatoms. The molecule has 0 amide bonds. The average Bonchev–Trinajstić information content (AvgIpc) is 3.55. The third kappa shape index (κ3) is 5.86. The Balaban J connectivity index is 1.35. The van der Waals surface area contributed by atoms with Crippen LogP contribution in [0.2, 0.25) is 0 Å². The number of ketones is 1. The van der Waals surface area contributed by atoms with E-state index in [-0.39, 0.29) is 5.92 Å². The number of H-pyrrole nitrogens is 1. The number of anilines is 3. The van der Waals surface area contributed by atoms with E-state index in [2.05, 4.69) is 51.6 Å². The van der Waals surface area contributed by atoms with Gasteiger partial charge in [-0.25, -0.2) is 9.97 Å². The van der Waals surface area contributed by atoms with Crippen molar-refractivity contribution in [3.8, 4) is 0 Å². The van der Waals surface area contributed by atoms with Gasteiger partial charge in [-0.3, -0.25) is 9.89 Å². The fourth-order valence-electron chi connectivity index (χ4n) is 5.04. The number of aromatic nitrogens is 4. The summed E-state index contributed by atoms with van der Waals surface area (Å²) in [6.07, 6.45) is 8.69. The molecule has 1 aliphatic heterocycles. The number of carbonyl (C=O) groups excluding carboxylic acids is 1. The van der Waals surface area contributed by atoms with E-state index in [9.17, 15) is 4.79 Å². The quantitative estimate of drug-likeness (QED) is 0.374. The molecule has 3 aromatic rings. The first kappa shape index (κ1) is 23.9. The van der Waals surface area contributed by atoms with E-state index >= 15 is 0 Å². The second-order valence-corrected chi connectivity index (χ2v) is 10.8. The van der Waals surface area contributed by atoms with Gasteiger partial charge in [-0.2, -0.15) is 5.10 Å². The Labute approximate surface area is 211 Å². The van der Waals surface area contributed by atoms with Gasteiger partial charge < -0.3 is 10.2 Å². The summed E-state index contributed by atoms with van der Waals surface area (Å²) in [6, 6.07) is 10.3. The number of Topliss-reactive ketones (excluding diaryl/α,β-unsaturated/α-hetero) is 1. The SMILES string of the molecule is Cc1cc(Nc2nc(Sc3ccc(CC(=O)C4CCCC4)cc3)nc(N3CCCCC3)c2C)n[nH]1. The number of rotatable bonds is 8. The largest absolute Gasteiger partial charge is 0.356 e. The highest BCUT2D eigenvalue weighted by atomic mass is 32.2. The molecule has 2 aliphatic rings. The van der Waals surface area contributed by atoms with Crippen LogP contribution < -0.4 is 10.2 Å². The van der Waals surface area contributed by atoms with Crippen molar-refractivity contribution < 1.29 is 4.79 Å². The van der Waals surface area contributed by atoms with Gasteiger partial charge in [0.2, 0.25) is 0 Å². The van der Waals surface area contributed by atoms with Crippen molar-refractivity contribution >= 4 is 35.0 Å². The molecule has 35 heavy (non-hydrogen) atoms. The standard InChI is InChI=1S/C27H34N6OS/c1-18-16-24(32-31-18)28-25-19(2)26(33-14-6-3-7-15-33)30-27(29-25)35-22-12-10-20(11-13-22)17-23(34)21-8-4-5-9-21/h10-13,16,21H,3-9,14-15,17H2,1-2H3,(H2,28,29,30,31,32). The first-order valence-corrected chi connectivity index (χ1v) is 13.6. The fourth-order valence-corrected chi connectivity index (χ4v) is 5.80. The summed E-state index contributed by atoms with van der Waals surface area (Å²) >= 11 is 1.56. The van der Waals surface area contributed by atoms with Crippen LogP contribution in [0, 0.1) is 19.8 Å². The van der Waals surface area contributed by atoms with Gasteiger partial charge in [0.15, 0.2) is 11.0 Å². The zero-order valence-corrected chi connectivity index (χ0v) is 21.5. The summed E-state index contributed by atoms with van der Waals surface area (Å²) in [5, 5.41) is 11.4. The van der Waals surface area contributed by atoms with Gasteiger partial charge in [-0.05, 0) is 75.4 Å². The molecule has 0 radical (unpaired) electrons. The summed E-state index contributed by atoms with van der Waals surface area (Å²) < 4.78 is 0. The molecule has 1 aromatic carbocycles. The van der Waals surface area contributed by atoms with E-state index in [4.69, 9.17) is 9.97 Å². The Hall–Kier alpha value is -2.87. The highest BCUT2D eigenvalue weighted by molar-refractivity contribution is 7.99. The van der Waals surface area contributed by atoms with Crippen LogP contribution in [0.1, 0.15) is 61.8 Å². The Morgan fingerprint density at radius 1 is 1.06 bits per heavy atom. The average molecular weight is 491 g/mol. The molecule has 184 valence electrons. The number of benzene rings is 1. The molecule has 0 unspecified atom stereocenters. The predicted molar refractivity (Wildman–Crippen MR) is 141 cm³/mol. The summed E-state index contributed by atoms with van der Waals surface area (Å²) in [5.74, 6) is 3.19. The lowest BCUT2D eigenvalue weighted by atomic mass is 9.97. The lowest BCUT2D eigenvalue weighted by Crippen LogP contribution is -2.31. The smallest absolute Gasteiger partial charge is 0.196 e. The molecule has 0 atom stereocenters. The van der Waals surface area contributed by atoms with Crippen molar-refractivity contribution in [3.05, 3.63) is 47.2 Å². The number of piperidine rings is 1. The number of aromatic amines is 1. The van der Waals surface area contributed by atoms with Crippen LogP contribution in [0.4, 0.5) is 17.5 Å². The van der Waals surface area contributed by atoms with Crippen LogP contribution >= 0.6 is 11.8 Å². The molecule has 2 aromatic heterocycles. The molecule has 0 bridgehead atoms. The number of nitrogens with one attached hydrogen (secondary N) is 2. The molecule has 1 saturated heterocycles. The highest BCUT2D eigenvalue weighted by Gasteiger charge is 2.23. The second kappa shape index (κ2) is 10.8. The zero-order valence-electron chi connectivity index (χ0n) is 20.6. The first-order valence-electron chi connectivity index (χ1n) is 12.8. The summed E-state index contributed by atoms with van der Waals surface area (Å²) in [5.41, 5.74) is 3.12. The van der Waals surface area contributed by atoms with Crippen LogP contribution in [0.25, 0.3) is 0 Å². The van der Waals surface area contributed by atoms with E-state index in [0.717, 1.165) is 65.1 Å². The summed E-state index contributed by atoms with van der Waals surface area (Å²) in [6.45, 7) is 6.10. The topological polar surface area (TPSA) is 86.8 Å². The maximum atomic E-state index is 12.6. The molecule has 2 fully saturated rings. The number of hydrogen-bond acceptors (Lipinski definition) is 7. The molecule has 5 rings (SSSR count). The van der Waals surface area contributed by atoms with Crippen molar-refractivity contribution in [1.29, 1.82) is 0 Å². The van der Waals surface area contributed by atoms with Crippen molar-refractivity contribution in [3.63, 3.8) is 0 Å². The maximum absolute atomic E-state index is 12.6. The highest BCUT2D eigenvalue weighted by Crippen LogP contribution is 2.33. The van der Waals surface area contributed by atoms with Crippen LogP contribution in [0.5, 0.6) is 0 Å². The Kier molecular flexibility index (Phi) is 7.37.